The lowest BCUT2D eigenvalue weighted by Crippen LogP contribution is -1.95. The summed E-state index contributed by atoms with van der Waals surface area (Å²) in [7, 11) is 0. The SMILES string of the molecule is NCc1ccc(-c2cnc(C3CC3)nc2)cc1. The van der Waals surface area contributed by atoms with Crippen LogP contribution in [0.2, 0.25) is 0 Å². The van der Waals surface area contributed by atoms with Crippen LogP contribution < -0.4 is 5.73 Å². The second kappa shape index (κ2) is 4.26. The van der Waals surface area contributed by atoms with Crippen LogP contribution in [0.5, 0.6) is 0 Å². The molecule has 3 nitrogen and oxygen atoms in total. The number of hydrogen-bond donors (Lipinski definition) is 1. The van der Waals surface area contributed by atoms with Crippen molar-refractivity contribution in [3.8, 4) is 11.1 Å². The van der Waals surface area contributed by atoms with Crippen molar-refractivity contribution in [3.05, 3.63) is 48.0 Å². The van der Waals surface area contributed by atoms with Crippen molar-refractivity contribution in [1.29, 1.82) is 0 Å². The van der Waals surface area contributed by atoms with Gasteiger partial charge in [0, 0.05) is 30.4 Å². The standard InChI is InChI=1S/C14H15N3/c15-7-10-1-3-11(4-2-10)13-8-16-14(17-9-13)12-5-6-12/h1-4,8-9,12H,5-7,15H2. The van der Waals surface area contributed by atoms with Gasteiger partial charge in [-0.25, -0.2) is 9.97 Å². The van der Waals surface area contributed by atoms with E-state index >= 15 is 0 Å². The first kappa shape index (κ1) is 10.4. The zero-order valence-corrected chi connectivity index (χ0v) is 9.63. The van der Waals surface area contributed by atoms with Crippen LogP contribution in [0.3, 0.4) is 0 Å². The number of nitrogens with zero attached hydrogens (tertiary/aromatic N) is 2. The van der Waals surface area contributed by atoms with Crippen molar-refractivity contribution in [2.24, 2.45) is 5.73 Å². The van der Waals surface area contributed by atoms with Gasteiger partial charge in [-0.05, 0) is 24.0 Å². The van der Waals surface area contributed by atoms with Crippen molar-refractivity contribution in [2.45, 2.75) is 25.3 Å². The fraction of sp³-hybridized carbons (Fsp3) is 0.286. The highest BCUT2D eigenvalue weighted by atomic mass is 14.9. The molecule has 1 fully saturated rings. The van der Waals surface area contributed by atoms with Gasteiger partial charge >= 0.3 is 0 Å². The smallest absolute Gasteiger partial charge is 0.131 e. The van der Waals surface area contributed by atoms with Crippen molar-refractivity contribution >= 4 is 0 Å². The van der Waals surface area contributed by atoms with Crippen LogP contribution in [-0.4, -0.2) is 9.97 Å². The number of benzene rings is 1. The fourth-order valence-electron chi connectivity index (χ4n) is 1.87. The summed E-state index contributed by atoms with van der Waals surface area (Å²) in [5.41, 5.74) is 8.93. The summed E-state index contributed by atoms with van der Waals surface area (Å²) in [4.78, 5) is 8.85. The molecule has 0 saturated heterocycles. The molecule has 0 radical (unpaired) electrons. The summed E-state index contributed by atoms with van der Waals surface area (Å²) >= 11 is 0. The molecule has 1 aliphatic carbocycles. The maximum absolute atomic E-state index is 5.57. The zero-order valence-electron chi connectivity index (χ0n) is 9.63. The average Bonchev–Trinajstić information content (AvgIpc) is 3.24. The second-order valence-electron chi connectivity index (χ2n) is 4.51. The molecule has 3 rings (SSSR count). The van der Waals surface area contributed by atoms with Crippen LogP contribution in [0.4, 0.5) is 0 Å². The van der Waals surface area contributed by atoms with Crippen LogP contribution in [0.1, 0.15) is 30.1 Å². The van der Waals surface area contributed by atoms with E-state index in [1.54, 1.807) is 0 Å². The maximum atomic E-state index is 5.57. The zero-order chi connectivity index (χ0) is 11.7. The maximum Gasteiger partial charge on any atom is 0.131 e. The quantitative estimate of drug-likeness (QED) is 0.873. The van der Waals surface area contributed by atoms with Gasteiger partial charge in [0.25, 0.3) is 0 Å². The largest absolute Gasteiger partial charge is 0.326 e. The van der Waals surface area contributed by atoms with Gasteiger partial charge in [-0.3, -0.25) is 0 Å². The first-order chi connectivity index (χ1) is 8.36. The van der Waals surface area contributed by atoms with Crippen LogP contribution in [-0.2, 0) is 6.54 Å². The number of nitrogens with two attached hydrogens (primary N) is 1. The minimum absolute atomic E-state index is 0.581. The van der Waals surface area contributed by atoms with Gasteiger partial charge in [0.05, 0.1) is 0 Å². The van der Waals surface area contributed by atoms with E-state index in [-0.39, 0.29) is 0 Å². The highest BCUT2D eigenvalue weighted by Crippen LogP contribution is 2.37. The third-order valence-corrected chi connectivity index (χ3v) is 3.14. The predicted octanol–water partition coefficient (Wildman–Crippen LogP) is 2.48. The lowest BCUT2D eigenvalue weighted by Gasteiger charge is -2.03. The Morgan fingerprint density at radius 1 is 1.00 bits per heavy atom. The lowest BCUT2D eigenvalue weighted by molar-refractivity contribution is 0.928. The molecule has 0 bridgehead atoms. The van der Waals surface area contributed by atoms with E-state index in [1.165, 1.54) is 12.8 Å². The molecule has 2 N–H and O–H groups in total. The highest BCUT2D eigenvalue weighted by Gasteiger charge is 2.26. The fourth-order valence-corrected chi connectivity index (χ4v) is 1.87. The normalized spacial score (nSPS) is 14.9. The minimum atomic E-state index is 0.581. The molecule has 1 aromatic heterocycles. The molecule has 1 heterocycles. The molecule has 0 amide bonds. The Hall–Kier alpha value is -1.74. The minimum Gasteiger partial charge on any atom is -0.326 e. The highest BCUT2D eigenvalue weighted by molar-refractivity contribution is 5.61. The summed E-state index contributed by atoms with van der Waals surface area (Å²) in [6, 6.07) is 8.23. The summed E-state index contributed by atoms with van der Waals surface area (Å²) in [6.07, 6.45) is 6.31. The molecule has 1 aliphatic rings. The van der Waals surface area contributed by atoms with Gasteiger partial charge in [0.1, 0.15) is 5.82 Å². The van der Waals surface area contributed by atoms with E-state index in [1.807, 2.05) is 24.5 Å². The molecular weight excluding hydrogens is 210 g/mol. The topological polar surface area (TPSA) is 51.8 Å². The first-order valence-electron chi connectivity index (χ1n) is 5.98. The second-order valence-corrected chi connectivity index (χ2v) is 4.51. The third-order valence-electron chi connectivity index (χ3n) is 3.14. The van der Waals surface area contributed by atoms with Crippen molar-refractivity contribution in [1.82, 2.24) is 9.97 Å². The molecule has 3 heteroatoms. The molecule has 17 heavy (non-hydrogen) atoms. The van der Waals surface area contributed by atoms with Gasteiger partial charge in [0.15, 0.2) is 0 Å². The van der Waals surface area contributed by atoms with Crippen LogP contribution in [0.15, 0.2) is 36.7 Å². The van der Waals surface area contributed by atoms with E-state index in [9.17, 15) is 0 Å². The number of aromatic nitrogens is 2. The van der Waals surface area contributed by atoms with Gasteiger partial charge in [-0.1, -0.05) is 24.3 Å². The van der Waals surface area contributed by atoms with E-state index < -0.39 is 0 Å². The Kier molecular flexibility index (Phi) is 2.61. The van der Waals surface area contributed by atoms with Crippen molar-refractivity contribution in [2.75, 3.05) is 0 Å². The molecule has 1 aromatic carbocycles. The Morgan fingerprint density at radius 3 is 2.18 bits per heavy atom. The Labute approximate surface area is 101 Å². The summed E-state index contributed by atoms with van der Waals surface area (Å²) in [5, 5.41) is 0. The van der Waals surface area contributed by atoms with Gasteiger partial charge in [0.2, 0.25) is 0 Å². The molecular formula is C14H15N3. The molecule has 0 aliphatic heterocycles. The van der Waals surface area contributed by atoms with Gasteiger partial charge < -0.3 is 5.73 Å². The molecule has 0 unspecified atom stereocenters. The van der Waals surface area contributed by atoms with Gasteiger partial charge in [-0.15, -0.1) is 0 Å². The third kappa shape index (κ3) is 2.19. The Bertz CT molecular complexity index is 498. The summed E-state index contributed by atoms with van der Waals surface area (Å²) in [6.45, 7) is 0.581. The van der Waals surface area contributed by atoms with Crippen molar-refractivity contribution < 1.29 is 0 Å². The molecule has 1 saturated carbocycles. The molecule has 2 aromatic rings. The van der Waals surface area contributed by atoms with Crippen LogP contribution in [0.25, 0.3) is 11.1 Å². The predicted molar refractivity (Wildman–Crippen MR) is 67.3 cm³/mol. The van der Waals surface area contributed by atoms with E-state index in [0.717, 1.165) is 22.5 Å². The molecule has 86 valence electrons. The van der Waals surface area contributed by atoms with E-state index in [4.69, 9.17) is 5.73 Å². The van der Waals surface area contributed by atoms with E-state index in [2.05, 4.69) is 22.1 Å². The first-order valence-corrected chi connectivity index (χ1v) is 5.98. The monoisotopic (exact) mass is 225 g/mol. The Balaban J connectivity index is 1.86. The van der Waals surface area contributed by atoms with E-state index in [0.29, 0.717) is 12.5 Å². The van der Waals surface area contributed by atoms with Crippen molar-refractivity contribution in [3.63, 3.8) is 0 Å². The lowest BCUT2D eigenvalue weighted by atomic mass is 10.1. The van der Waals surface area contributed by atoms with Crippen LogP contribution in [0, 0.1) is 0 Å². The average molecular weight is 225 g/mol. The number of rotatable bonds is 3. The molecule has 0 atom stereocenters. The Morgan fingerprint density at radius 2 is 1.65 bits per heavy atom. The summed E-state index contributed by atoms with van der Waals surface area (Å²) < 4.78 is 0. The number of hydrogen-bond acceptors (Lipinski definition) is 3. The van der Waals surface area contributed by atoms with Crippen LogP contribution >= 0.6 is 0 Å². The van der Waals surface area contributed by atoms with Gasteiger partial charge in [-0.2, -0.15) is 0 Å². The molecule has 0 spiro atoms. The summed E-state index contributed by atoms with van der Waals surface area (Å²) in [5.74, 6) is 1.61.